The van der Waals surface area contributed by atoms with Crippen LogP contribution >= 0.6 is 0 Å². The zero-order valence-electron chi connectivity index (χ0n) is 20.1. The number of likely N-dealkylation sites (tertiary alicyclic amines) is 1. The molecule has 4 rings (SSSR count). The largest absolute Gasteiger partial charge is 0.497 e. The van der Waals surface area contributed by atoms with E-state index in [0.717, 1.165) is 31.1 Å². The van der Waals surface area contributed by atoms with Gasteiger partial charge in [0.2, 0.25) is 6.34 Å². The molecule has 2 aliphatic heterocycles. The number of urea groups is 1. The molecule has 0 saturated carbocycles. The van der Waals surface area contributed by atoms with Crippen LogP contribution in [0.1, 0.15) is 19.3 Å². The molecule has 1 unspecified atom stereocenters. The highest BCUT2D eigenvalue weighted by molar-refractivity contribution is 6.01. The molecule has 35 heavy (non-hydrogen) atoms. The summed E-state index contributed by atoms with van der Waals surface area (Å²) in [5.74, 6) is 8.21. The van der Waals surface area contributed by atoms with Gasteiger partial charge in [-0.25, -0.2) is 4.79 Å². The Morgan fingerprint density at radius 1 is 1.00 bits per heavy atom. The first-order valence-corrected chi connectivity index (χ1v) is 11.6. The fourth-order valence-electron chi connectivity index (χ4n) is 3.84. The quantitative estimate of drug-likeness (QED) is 0.300. The number of nitrogens with one attached hydrogen (secondary N) is 2. The van der Waals surface area contributed by atoms with Gasteiger partial charge in [0, 0.05) is 35.1 Å². The normalized spacial score (nSPS) is 19.7. The number of aliphatic imine (C=N–C) groups is 1. The zero-order valence-corrected chi connectivity index (χ0v) is 20.1. The fraction of sp³-hybridized carbons (Fsp3) is 0.375. The molecule has 11 nitrogen and oxygen atoms in total. The second-order valence-corrected chi connectivity index (χ2v) is 8.34. The van der Waals surface area contributed by atoms with Crippen molar-refractivity contribution >= 4 is 29.7 Å². The van der Waals surface area contributed by atoms with Gasteiger partial charge in [0.05, 0.1) is 19.9 Å². The van der Waals surface area contributed by atoms with Crippen LogP contribution in [0.5, 0.6) is 17.2 Å². The molecule has 4 N–H and O–H groups in total. The molecule has 11 heteroatoms. The minimum absolute atomic E-state index is 0.213. The molecule has 1 fully saturated rings. The summed E-state index contributed by atoms with van der Waals surface area (Å²) < 4.78 is 15.4. The lowest BCUT2D eigenvalue weighted by Crippen LogP contribution is -2.54. The molecular formula is C24H32N7O4+. The Kier molecular flexibility index (Phi) is 7.80. The van der Waals surface area contributed by atoms with E-state index in [1.807, 2.05) is 24.3 Å². The number of piperidine rings is 1. The number of amides is 2. The number of carbonyl (C=O) groups excluding carboxylic acids is 1. The van der Waals surface area contributed by atoms with Crippen molar-refractivity contribution in [1.29, 1.82) is 0 Å². The molecule has 2 heterocycles. The molecule has 2 amide bonds. The van der Waals surface area contributed by atoms with Crippen molar-refractivity contribution in [2.45, 2.75) is 19.3 Å². The number of hydrogen-bond acceptors (Lipinski definition) is 9. The van der Waals surface area contributed by atoms with E-state index in [9.17, 15) is 4.79 Å². The number of hydrogen-bond donors (Lipinski definition) is 3. The van der Waals surface area contributed by atoms with Crippen molar-refractivity contribution < 1.29 is 23.7 Å². The third kappa shape index (κ3) is 6.47. The minimum Gasteiger partial charge on any atom is -0.497 e. The standard InChI is InChI=1S/C24H31N7O4/c1-33-21-14-19(15-22(16-21)34-2)28-24(32)31(25)17-26-23(29-31)27-18-6-8-20(9-7-18)35-13-12-30-10-4-3-5-11-30/h6-9,14-17H,3-5,10-13,25H2,1-2H3,(H-,27,28,29,32)/p+1. The molecule has 1 atom stereocenters. The molecular weight excluding hydrogens is 450 g/mol. The highest BCUT2D eigenvalue weighted by Crippen LogP contribution is 2.26. The minimum atomic E-state index is -0.889. The van der Waals surface area contributed by atoms with Crippen molar-refractivity contribution in [1.82, 2.24) is 4.90 Å². The average Bonchev–Trinajstić information content (AvgIpc) is 3.27. The van der Waals surface area contributed by atoms with Gasteiger partial charge >= 0.3 is 6.03 Å². The summed E-state index contributed by atoms with van der Waals surface area (Å²) in [5, 5.41) is 9.98. The summed E-state index contributed by atoms with van der Waals surface area (Å²) in [5.41, 5.74) is 1.20. The number of rotatable bonds is 8. The Hall–Kier alpha value is -3.67. The third-order valence-electron chi connectivity index (χ3n) is 5.78. The van der Waals surface area contributed by atoms with Crippen molar-refractivity contribution in [3.8, 4) is 17.2 Å². The van der Waals surface area contributed by atoms with E-state index in [1.165, 1.54) is 39.8 Å². The number of carbonyl (C=O) groups is 1. The first-order chi connectivity index (χ1) is 17.0. The molecule has 2 aliphatic rings. The van der Waals surface area contributed by atoms with Crippen LogP contribution in [0.15, 0.2) is 52.6 Å². The maximum atomic E-state index is 12.8. The van der Waals surface area contributed by atoms with E-state index in [2.05, 4.69) is 25.6 Å². The summed E-state index contributed by atoms with van der Waals surface area (Å²) in [4.78, 5) is 19.4. The van der Waals surface area contributed by atoms with Gasteiger partial charge in [-0.05, 0) is 55.3 Å². The highest BCUT2D eigenvalue weighted by atomic mass is 16.5. The summed E-state index contributed by atoms with van der Waals surface area (Å²) in [6, 6.07) is 11.9. The lowest BCUT2D eigenvalue weighted by molar-refractivity contribution is -0.765. The highest BCUT2D eigenvalue weighted by Gasteiger charge is 2.38. The maximum Gasteiger partial charge on any atom is 0.473 e. The van der Waals surface area contributed by atoms with Crippen LogP contribution in [0.4, 0.5) is 16.2 Å². The number of nitrogens with zero attached hydrogens (tertiary/aromatic N) is 4. The number of methoxy groups -OCH3 is 2. The molecule has 2 aromatic rings. The van der Waals surface area contributed by atoms with Crippen LogP contribution in [0, 0.1) is 0 Å². The first-order valence-electron chi connectivity index (χ1n) is 11.6. The van der Waals surface area contributed by atoms with Crippen LogP contribution in [0.3, 0.4) is 0 Å². The first kappa shape index (κ1) is 24.5. The smallest absolute Gasteiger partial charge is 0.473 e. The lowest BCUT2D eigenvalue weighted by atomic mass is 10.1. The van der Waals surface area contributed by atoms with Crippen LogP contribution in [0.2, 0.25) is 0 Å². The van der Waals surface area contributed by atoms with E-state index in [1.54, 1.807) is 18.2 Å². The summed E-state index contributed by atoms with van der Waals surface area (Å²) in [6.07, 6.45) is 5.11. The van der Waals surface area contributed by atoms with Gasteiger partial charge < -0.3 is 19.5 Å². The Balaban J connectivity index is 1.31. The summed E-state index contributed by atoms with van der Waals surface area (Å²) in [6.45, 7) is 3.90. The average molecular weight is 483 g/mol. The van der Waals surface area contributed by atoms with Gasteiger partial charge in [-0.2, -0.15) is 4.99 Å². The molecule has 0 aliphatic carbocycles. The van der Waals surface area contributed by atoms with Crippen LogP contribution in [0.25, 0.3) is 0 Å². The fourth-order valence-corrected chi connectivity index (χ4v) is 3.84. The van der Waals surface area contributed by atoms with Crippen molar-refractivity contribution in [2.24, 2.45) is 15.9 Å². The van der Waals surface area contributed by atoms with Crippen LogP contribution < -0.4 is 30.7 Å². The number of ether oxygens (including phenoxy) is 3. The SMILES string of the molecule is COc1cc(NC(=O)[N+]2(N)C=NC(Nc3ccc(OCCN4CCCCC4)cc3)=N2)cc(OC)c1. The van der Waals surface area contributed by atoms with Crippen molar-refractivity contribution in [3.63, 3.8) is 0 Å². The predicted molar refractivity (Wildman–Crippen MR) is 135 cm³/mol. The molecule has 0 bridgehead atoms. The van der Waals surface area contributed by atoms with Gasteiger partial charge in [-0.1, -0.05) is 6.42 Å². The third-order valence-corrected chi connectivity index (χ3v) is 5.78. The Bertz CT molecular complexity index is 1060. The van der Waals surface area contributed by atoms with Gasteiger partial charge in [0.15, 0.2) is 0 Å². The monoisotopic (exact) mass is 482 g/mol. The number of guanidine groups is 1. The van der Waals surface area contributed by atoms with E-state index >= 15 is 0 Å². The maximum absolute atomic E-state index is 12.8. The van der Waals surface area contributed by atoms with E-state index in [4.69, 9.17) is 20.1 Å². The Morgan fingerprint density at radius 3 is 2.34 bits per heavy atom. The van der Waals surface area contributed by atoms with E-state index in [0.29, 0.717) is 23.8 Å². The van der Waals surface area contributed by atoms with E-state index in [-0.39, 0.29) is 5.96 Å². The molecule has 2 aromatic carbocycles. The van der Waals surface area contributed by atoms with Gasteiger partial charge in [-0.3, -0.25) is 10.2 Å². The van der Waals surface area contributed by atoms with Gasteiger partial charge in [-0.15, -0.1) is 5.84 Å². The molecule has 0 aromatic heterocycles. The lowest BCUT2D eigenvalue weighted by Gasteiger charge is -2.26. The number of anilines is 2. The predicted octanol–water partition coefficient (Wildman–Crippen LogP) is 3.22. The second kappa shape index (κ2) is 11.2. The summed E-state index contributed by atoms with van der Waals surface area (Å²) in [7, 11) is 3.06. The van der Waals surface area contributed by atoms with Gasteiger partial charge in [0.25, 0.3) is 5.96 Å². The van der Waals surface area contributed by atoms with Crippen LogP contribution in [-0.4, -0.2) is 68.4 Å². The summed E-state index contributed by atoms with van der Waals surface area (Å²) >= 11 is 0. The van der Waals surface area contributed by atoms with E-state index < -0.39 is 10.7 Å². The van der Waals surface area contributed by atoms with Crippen molar-refractivity contribution in [2.75, 3.05) is 51.1 Å². The molecule has 1 saturated heterocycles. The Morgan fingerprint density at radius 2 is 1.69 bits per heavy atom. The molecule has 0 spiro atoms. The number of benzene rings is 2. The number of quaternary nitrogens is 1. The molecule has 186 valence electrons. The second-order valence-electron chi connectivity index (χ2n) is 8.34. The van der Waals surface area contributed by atoms with Crippen molar-refractivity contribution in [3.05, 3.63) is 42.5 Å². The topological polar surface area (TPSA) is 123 Å². The zero-order chi connectivity index (χ0) is 24.7. The van der Waals surface area contributed by atoms with Crippen LogP contribution in [-0.2, 0) is 0 Å². The molecule has 0 radical (unpaired) electrons. The van der Waals surface area contributed by atoms with Gasteiger partial charge in [0.1, 0.15) is 23.9 Å². The Labute approximate surface area is 204 Å². The number of nitrogens with two attached hydrogens (primary N) is 1.